The van der Waals surface area contributed by atoms with Crippen molar-refractivity contribution in [1.29, 1.82) is 0 Å². The summed E-state index contributed by atoms with van der Waals surface area (Å²) in [5.41, 5.74) is 1.29. The summed E-state index contributed by atoms with van der Waals surface area (Å²) in [5.74, 6) is 0.0234. The van der Waals surface area contributed by atoms with Gasteiger partial charge in [0.2, 0.25) is 0 Å². The van der Waals surface area contributed by atoms with Gasteiger partial charge in [0.15, 0.2) is 5.82 Å². The Bertz CT molecular complexity index is 754. The minimum atomic E-state index is -0.284. The number of benzene rings is 1. The van der Waals surface area contributed by atoms with E-state index in [9.17, 15) is 4.79 Å². The zero-order valence-corrected chi connectivity index (χ0v) is 10.3. The molecule has 0 fully saturated rings. The number of carbonyl (C=O) groups is 1. The third-order valence-electron chi connectivity index (χ3n) is 2.55. The van der Waals surface area contributed by atoms with Crippen LogP contribution < -0.4 is 5.32 Å². The fourth-order valence-electron chi connectivity index (χ4n) is 1.67. The minimum Gasteiger partial charge on any atom is -0.305 e. The van der Waals surface area contributed by atoms with Gasteiger partial charge in [0.25, 0.3) is 5.91 Å². The van der Waals surface area contributed by atoms with Crippen molar-refractivity contribution in [2.24, 2.45) is 0 Å². The van der Waals surface area contributed by atoms with Gasteiger partial charge in [-0.25, -0.2) is 4.98 Å². The van der Waals surface area contributed by atoms with Crippen molar-refractivity contribution in [2.75, 3.05) is 5.32 Å². The number of H-pyrrole nitrogens is 1. The van der Waals surface area contributed by atoms with E-state index in [0.717, 1.165) is 10.9 Å². The van der Waals surface area contributed by atoms with E-state index < -0.39 is 0 Å². The highest BCUT2D eigenvalue weighted by Gasteiger charge is 2.08. The molecule has 19 heavy (non-hydrogen) atoms. The Kier molecular flexibility index (Phi) is 2.85. The van der Waals surface area contributed by atoms with Crippen LogP contribution in [0.1, 0.15) is 10.4 Å². The molecule has 0 bridgehead atoms. The lowest BCUT2D eigenvalue weighted by molar-refractivity contribution is 0.102. The van der Waals surface area contributed by atoms with E-state index in [-0.39, 0.29) is 11.1 Å². The summed E-state index contributed by atoms with van der Waals surface area (Å²) in [6.45, 7) is 0. The molecule has 0 saturated heterocycles. The zero-order valence-electron chi connectivity index (χ0n) is 9.59. The van der Waals surface area contributed by atoms with Gasteiger partial charge >= 0.3 is 0 Å². The van der Waals surface area contributed by atoms with Gasteiger partial charge in [-0.2, -0.15) is 5.10 Å². The van der Waals surface area contributed by atoms with Crippen LogP contribution in [0.15, 0.2) is 36.8 Å². The number of nitrogens with one attached hydrogen (secondary N) is 2. The molecule has 0 aliphatic heterocycles. The molecule has 0 aliphatic rings. The van der Waals surface area contributed by atoms with Crippen molar-refractivity contribution in [3.8, 4) is 0 Å². The van der Waals surface area contributed by atoms with Crippen molar-refractivity contribution in [1.82, 2.24) is 20.2 Å². The number of hydrogen-bond acceptors (Lipinski definition) is 4. The number of anilines is 1. The molecule has 0 unspecified atom stereocenters. The molecule has 0 saturated carbocycles. The van der Waals surface area contributed by atoms with Crippen LogP contribution >= 0.6 is 11.6 Å². The molecule has 2 heterocycles. The molecule has 7 heteroatoms. The number of halogens is 1. The molecule has 0 spiro atoms. The number of fused-ring (bicyclic) bond motifs is 1. The molecule has 6 nitrogen and oxygen atoms in total. The SMILES string of the molecule is O=C(Nc1cncc(Cl)n1)c1ccc2cn[nH]c2c1. The number of rotatable bonds is 2. The fourth-order valence-corrected chi connectivity index (χ4v) is 1.82. The maximum absolute atomic E-state index is 12.0. The predicted octanol–water partition coefficient (Wildman–Crippen LogP) is 2.26. The van der Waals surface area contributed by atoms with Gasteiger partial charge < -0.3 is 5.32 Å². The molecule has 2 N–H and O–H groups in total. The highest BCUT2D eigenvalue weighted by atomic mass is 35.5. The van der Waals surface area contributed by atoms with Crippen LogP contribution in [0, 0.1) is 0 Å². The molecule has 94 valence electrons. The molecule has 3 aromatic rings. The molecule has 0 aliphatic carbocycles. The van der Waals surface area contributed by atoms with Crippen LogP contribution in [0.25, 0.3) is 10.9 Å². The summed E-state index contributed by atoms with van der Waals surface area (Å²) in [4.78, 5) is 19.8. The summed E-state index contributed by atoms with van der Waals surface area (Å²) in [5, 5.41) is 10.5. The molecular formula is C12H8ClN5O. The number of aromatic amines is 1. The number of hydrogen-bond donors (Lipinski definition) is 2. The van der Waals surface area contributed by atoms with Crippen LogP contribution in [0.5, 0.6) is 0 Å². The Labute approximate surface area is 112 Å². The van der Waals surface area contributed by atoms with Crippen molar-refractivity contribution < 1.29 is 4.79 Å². The lowest BCUT2D eigenvalue weighted by Crippen LogP contribution is -2.13. The zero-order chi connectivity index (χ0) is 13.2. The maximum atomic E-state index is 12.0. The summed E-state index contributed by atoms with van der Waals surface area (Å²) in [7, 11) is 0. The molecule has 3 rings (SSSR count). The molecule has 2 aromatic heterocycles. The molecule has 0 atom stereocenters. The average molecular weight is 274 g/mol. The van der Waals surface area contributed by atoms with Crippen molar-refractivity contribution in [3.05, 3.63) is 47.5 Å². The highest BCUT2D eigenvalue weighted by molar-refractivity contribution is 6.29. The Morgan fingerprint density at radius 2 is 2.16 bits per heavy atom. The maximum Gasteiger partial charge on any atom is 0.256 e. The van der Waals surface area contributed by atoms with E-state index in [1.54, 1.807) is 18.3 Å². The van der Waals surface area contributed by atoms with E-state index in [1.165, 1.54) is 12.4 Å². The van der Waals surface area contributed by atoms with Gasteiger partial charge in [0, 0.05) is 10.9 Å². The van der Waals surface area contributed by atoms with Crippen LogP contribution in [-0.2, 0) is 0 Å². The second-order valence-electron chi connectivity index (χ2n) is 3.85. The Morgan fingerprint density at radius 3 is 3.00 bits per heavy atom. The fraction of sp³-hybridized carbons (Fsp3) is 0. The largest absolute Gasteiger partial charge is 0.305 e. The van der Waals surface area contributed by atoms with E-state index >= 15 is 0 Å². The van der Waals surface area contributed by atoms with Crippen molar-refractivity contribution in [2.45, 2.75) is 0 Å². The van der Waals surface area contributed by atoms with Gasteiger partial charge in [-0.05, 0) is 12.1 Å². The summed E-state index contributed by atoms with van der Waals surface area (Å²) in [6, 6.07) is 5.25. The normalized spacial score (nSPS) is 10.6. The van der Waals surface area contributed by atoms with Crippen LogP contribution in [0.2, 0.25) is 5.15 Å². The van der Waals surface area contributed by atoms with Crippen molar-refractivity contribution >= 4 is 34.2 Å². The number of nitrogens with zero attached hydrogens (tertiary/aromatic N) is 3. The first-order valence-corrected chi connectivity index (χ1v) is 5.82. The third kappa shape index (κ3) is 2.38. The summed E-state index contributed by atoms with van der Waals surface area (Å²) in [6.07, 6.45) is 4.52. The van der Waals surface area contributed by atoms with Gasteiger partial charge in [0.1, 0.15) is 5.15 Å². The lowest BCUT2D eigenvalue weighted by atomic mass is 10.1. The van der Waals surface area contributed by atoms with Gasteiger partial charge in [-0.15, -0.1) is 0 Å². The Hall–Kier alpha value is -2.47. The lowest BCUT2D eigenvalue weighted by Gasteiger charge is -2.04. The average Bonchev–Trinajstić information content (AvgIpc) is 2.85. The van der Waals surface area contributed by atoms with E-state index in [1.807, 2.05) is 6.07 Å². The predicted molar refractivity (Wildman–Crippen MR) is 71.1 cm³/mol. The second kappa shape index (κ2) is 4.66. The molecule has 1 amide bonds. The second-order valence-corrected chi connectivity index (χ2v) is 4.24. The number of amides is 1. The van der Waals surface area contributed by atoms with E-state index in [2.05, 4.69) is 25.5 Å². The van der Waals surface area contributed by atoms with Crippen LogP contribution in [0.4, 0.5) is 5.82 Å². The van der Waals surface area contributed by atoms with Gasteiger partial charge in [-0.1, -0.05) is 17.7 Å². The topological polar surface area (TPSA) is 83.6 Å². The van der Waals surface area contributed by atoms with Gasteiger partial charge in [0.05, 0.1) is 24.1 Å². The molecule has 1 aromatic carbocycles. The Morgan fingerprint density at radius 1 is 1.26 bits per heavy atom. The minimum absolute atomic E-state index is 0.224. The van der Waals surface area contributed by atoms with Crippen molar-refractivity contribution in [3.63, 3.8) is 0 Å². The Balaban J connectivity index is 1.87. The van der Waals surface area contributed by atoms with Crippen LogP contribution in [-0.4, -0.2) is 26.1 Å². The molecular weight excluding hydrogens is 266 g/mol. The summed E-state index contributed by atoms with van der Waals surface area (Å²) >= 11 is 5.70. The summed E-state index contributed by atoms with van der Waals surface area (Å²) < 4.78 is 0. The third-order valence-corrected chi connectivity index (χ3v) is 2.73. The smallest absolute Gasteiger partial charge is 0.256 e. The quantitative estimate of drug-likeness (QED) is 0.750. The number of carbonyl (C=O) groups excluding carboxylic acids is 1. The first-order valence-electron chi connectivity index (χ1n) is 5.44. The van der Waals surface area contributed by atoms with Crippen LogP contribution in [0.3, 0.4) is 0 Å². The van der Waals surface area contributed by atoms with Gasteiger partial charge in [-0.3, -0.25) is 14.9 Å². The highest BCUT2D eigenvalue weighted by Crippen LogP contribution is 2.14. The monoisotopic (exact) mass is 273 g/mol. The van der Waals surface area contributed by atoms with E-state index in [0.29, 0.717) is 11.4 Å². The number of aromatic nitrogens is 4. The molecule has 0 radical (unpaired) electrons. The first kappa shape index (κ1) is 11.6. The first-order chi connectivity index (χ1) is 9.22. The standard InChI is InChI=1S/C12H8ClN5O/c13-10-5-14-6-11(16-10)17-12(19)7-1-2-8-4-15-18-9(8)3-7/h1-6H,(H,15,18)(H,16,17,19). The van der Waals surface area contributed by atoms with E-state index in [4.69, 9.17) is 11.6 Å².